The minimum absolute atomic E-state index is 0.00123. The van der Waals surface area contributed by atoms with Crippen LogP contribution in [0.5, 0.6) is 0 Å². The van der Waals surface area contributed by atoms with Crippen LogP contribution in [-0.2, 0) is 11.3 Å². The molecule has 0 saturated carbocycles. The van der Waals surface area contributed by atoms with Crippen molar-refractivity contribution in [1.82, 2.24) is 10.3 Å². The molecule has 1 aromatic rings. The maximum Gasteiger partial charge on any atom is 0.216 e. The Balaban J connectivity index is 2.40. The third kappa shape index (κ3) is 4.82. The Morgan fingerprint density at radius 3 is 2.82 bits per heavy atom. The van der Waals surface area contributed by atoms with Gasteiger partial charge in [0.2, 0.25) is 5.91 Å². The smallest absolute Gasteiger partial charge is 0.216 e. The molecule has 17 heavy (non-hydrogen) atoms. The van der Waals surface area contributed by atoms with Gasteiger partial charge in [0, 0.05) is 37.8 Å². The normalized spacial score (nSPS) is 10.1. The Morgan fingerprint density at radius 2 is 2.18 bits per heavy atom. The van der Waals surface area contributed by atoms with Crippen LogP contribution in [0, 0.1) is 6.92 Å². The molecule has 0 aliphatic heterocycles. The fourth-order valence-electron chi connectivity index (χ4n) is 1.46. The standard InChI is InChI=1S/C12H20N4O/c1-9-4-5-11(8-13)12(16-9)15-7-3-6-14-10(2)17/h4-5H,3,6-8,13H2,1-2H3,(H,14,17)(H,15,16). The number of aromatic nitrogens is 1. The van der Waals surface area contributed by atoms with Gasteiger partial charge < -0.3 is 16.4 Å². The van der Waals surface area contributed by atoms with Gasteiger partial charge in [0.1, 0.15) is 5.82 Å². The number of hydrogen-bond donors (Lipinski definition) is 3. The third-order valence-corrected chi connectivity index (χ3v) is 2.36. The number of nitrogens with zero attached hydrogens (tertiary/aromatic N) is 1. The summed E-state index contributed by atoms with van der Waals surface area (Å²) in [6.45, 7) is 5.38. The summed E-state index contributed by atoms with van der Waals surface area (Å²) in [5.74, 6) is 0.844. The van der Waals surface area contributed by atoms with E-state index >= 15 is 0 Å². The van der Waals surface area contributed by atoms with Crippen molar-refractivity contribution in [3.63, 3.8) is 0 Å². The average molecular weight is 236 g/mol. The summed E-state index contributed by atoms with van der Waals surface area (Å²) in [6.07, 6.45) is 0.860. The molecule has 0 aromatic carbocycles. The molecule has 0 aliphatic carbocycles. The molecule has 1 aromatic heterocycles. The van der Waals surface area contributed by atoms with Crippen molar-refractivity contribution in [2.75, 3.05) is 18.4 Å². The molecule has 0 spiro atoms. The highest BCUT2D eigenvalue weighted by molar-refractivity contribution is 5.72. The zero-order valence-corrected chi connectivity index (χ0v) is 10.4. The van der Waals surface area contributed by atoms with Crippen molar-refractivity contribution in [3.05, 3.63) is 23.4 Å². The van der Waals surface area contributed by atoms with E-state index in [1.807, 2.05) is 19.1 Å². The third-order valence-electron chi connectivity index (χ3n) is 2.36. The number of pyridine rings is 1. The van der Waals surface area contributed by atoms with E-state index in [1.165, 1.54) is 6.92 Å². The molecule has 0 fully saturated rings. The van der Waals surface area contributed by atoms with Gasteiger partial charge in [-0.25, -0.2) is 4.98 Å². The van der Waals surface area contributed by atoms with Gasteiger partial charge in [-0.1, -0.05) is 6.07 Å². The van der Waals surface area contributed by atoms with Crippen molar-refractivity contribution in [2.45, 2.75) is 26.8 Å². The highest BCUT2D eigenvalue weighted by Crippen LogP contribution is 2.12. The predicted molar refractivity (Wildman–Crippen MR) is 68.7 cm³/mol. The van der Waals surface area contributed by atoms with Gasteiger partial charge in [-0.3, -0.25) is 4.79 Å². The second-order valence-electron chi connectivity index (χ2n) is 3.93. The van der Waals surface area contributed by atoms with Gasteiger partial charge in [-0.15, -0.1) is 0 Å². The monoisotopic (exact) mass is 236 g/mol. The molecule has 0 bridgehead atoms. The minimum Gasteiger partial charge on any atom is -0.370 e. The van der Waals surface area contributed by atoms with E-state index in [-0.39, 0.29) is 5.91 Å². The van der Waals surface area contributed by atoms with Gasteiger partial charge in [0.05, 0.1) is 0 Å². The molecule has 0 atom stereocenters. The van der Waals surface area contributed by atoms with E-state index in [2.05, 4.69) is 15.6 Å². The summed E-state index contributed by atoms with van der Waals surface area (Å²) in [7, 11) is 0. The van der Waals surface area contributed by atoms with Crippen LogP contribution in [-0.4, -0.2) is 24.0 Å². The molecule has 1 heterocycles. The molecule has 1 rings (SSSR count). The summed E-state index contributed by atoms with van der Waals surface area (Å²) in [4.78, 5) is 15.1. The lowest BCUT2D eigenvalue weighted by molar-refractivity contribution is -0.118. The van der Waals surface area contributed by atoms with Gasteiger partial charge in [-0.05, 0) is 19.4 Å². The molecule has 5 nitrogen and oxygen atoms in total. The van der Waals surface area contributed by atoms with Crippen LogP contribution in [0.3, 0.4) is 0 Å². The fraction of sp³-hybridized carbons (Fsp3) is 0.500. The predicted octanol–water partition coefficient (Wildman–Crippen LogP) is 0.787. The van der Waals surface area contributed by atoms with Gasteiger partial charge >= 0.3 is 0 Å². The van der Waals surface area contributed by atoms with Crippen LogP contribution in [0.15, 0.2) is 12.1 Å². The number of carbonyl (C=O) groups is 1. The van der Waals surface area contributed by atoms with Crippen molar-refractivity contribution >= 4 is 11.7 Å². The van der Waals surface area contributed by atoms with Crippen LogP contribution in [0.25, 0.3) is 0 Å². The summed E-state index contributed by atoms with van der Waals surface area (Å²) in [6, 6.07) is 3.93. The first-order chi connectivity index (χ1) is 8.13. The van der Waals surface area contributed by atoms with E-state index in [9.17, 15) is 4.79 Å². The molecule has 1 amide bonds. The number of nitrogens with one attached hydrogen (secondary N) is 2. The van der Waals surface area contributed by atoms with Crippen molar-refractivity contribution in [2.24, 2.45) is 5.73 Å². The second kappa shape index (κ2) is 6.85. The molecule has 4 N–H and O–H groups in total. The Kier molecular flexibility index (Phi) is 5.42. The Labute approximate surface area is 102 Å². The lowest BCUT2D eigenvalue weighted by atomic mass is 10.2. The number of nitrogens with two attached hydrogens (primary N) is 1. The highest BCUT2D eigenvalue weighted by Gasteiger charge is 2.02. The summed E-state index contributed by atoms with van der Waals surface area (Å²) < 4.78 is 0. The number of carbonyl (C=O) groups excluding carboxylic acids is 1. The first-order valence-corrected chi connectivity index (χ1v) is 5.78. The highest BCUT2D eigenvalue weighted by atomic mass is 16.1. The van der Waals surface area contributed by atoms with Crippen LogP contribution < -0.4 is 16.4 Å². The van der Waals surface area contributed by atoms with E-state index in [0.717, 1.165) is 30.0 Å². The molecule has 0 unspecified atom stereocenters. The Morgan fingerprint density at radius 1 is 1.41 bits per heavy atom. The van der Waals surface area contributed by atoms with Crippen molar-refractivity contribution in [1.29, 1.82) is 0 Å². The van der Waals surface area contributed by atoms with Gasteiger partial charge in [0.15, 0.2) is 0 Å². The maximum absolute atomic E-state index is 10.7. The lowest BCUT2D eigenvalue weighted by Gasteiger charge is -2.10. The second-order valence-corrected chi connectivity index (χ2v) is 3.93. The fourth-order valence-corrected chi connectivity index (χ4v) is 1.46. The van der Waals surface area contributed by atoms with Crippen molar-refractivity contribution < 1.29 is 4.79 Å². The number of amides is 1. The molecule has 0 aliphatic rings. The Bertz CT molecular complexity index is 379. The summed E-state index contributed by atoms with van der Waals surface area (Å²) >= 11 is 0. The van der Waals surface area contributed by atoms with E-state index in [0.29, 0.717) is 13.1 Å². The summed E-state index contributed by atoms with van der Waals surface area (Å²) in [5.41, 5.74) is 7.61. The van der Waals surface area contributed by atoms with Crippen LogP contribution >= 0.6 is 0 Å². The molecule has 5 heteroatoms. The van der Waals surface area contributed by atoms with Crippen LogP contribution in [0.4, 0.5) is 5.82 Å². The largest absolute Gasteiger partial charge is 0.370 e. The first-order valence-electron chi connectivity index (χ1n) is 5.78. The zero-order chi connectivity index (χ0) is 12.7. The van der Waals surface area contributed by atoms with Crippen LogP contribution in [0.1, 0.15) is 24.6 Å². The minimum atomic E-state index is 0.00123. The molecule has 0 radical (unpaired) electrons. The van der Waals surface area contributed by atoms with E-state index in [4.69, 9.17) is 5.73 Å². The first kappa shape index (κ1) is 13.4. The molecular weight excluding hydrogens is 216 g/mol. The lowest BCUT2D eigenvalue weighted by Crippen LogP contribution is -2.23. The number of hydrogen-bond acceptors (Lipinski definition) is 4. The number of rotatable bonds is 6. The van der Waals surface area contributed by atoms with Crippen molar-refractivity contribution in [3.8, 4) is 0 Å². The number of aryl methyl sites for hydroxylation is 1. The molecule has 0 saturated heterocycles. The number of anilines is 1. The SMILES string of the molecule is CC(=O)NCCCNc1nc(C)ccc1CN. The van der Waals surface area contributed by atoms with E-state index in [1.54, 1.807) is 0 Å². The zero-order valence-electron chi connectivity index (χ0n) is 10.4. The van der Waals surface area contributed by atoms with Crippen LogP contribution in [0.2, 0.25) is 0 Å². The molecular formula is C12H20N4O. The van der Waals surface area contributed by atoms with Gasteiger partial charge in [-0.2, -0.15) is 0 Å². The maximum atomic E-state index is 10.7. The topological polar surface area (TPSA) is 80.0 Å². The average Bonchev–Trinajstić information content (AvgIpc) is 2.28. The molecule has 94 valence electrons. The Hall–Kier alpha value is -1.62. The van der Waals surface area contributed by atoms with Gasteiger partial charge in [0.25, 0.3) is 0 Å². The van der Waals surface area contributed by atoms with E-state index < -0.39 is 0 Å². The summed E-state index contributed by atoms with van der Waals surface area (Å²) in [5, 5.41) is 5.98. The quantitative estimate of drug-likeness (QED) is 0.638.